The minimum Gasteiger partial charge on any atom is -0.451 e. The lowest BCUT2D eigenvalue weighted by atomic mass is 9.68. The van der Waals surface area contributed by atoms with Crippen LogP contribution < -0.4 is 16.5 Å². The second kappa shape index (κ2) is 14.1. The molecule has 2 fully saturated rings. The van der Waals surface area contributed by atoms with Crippen molar-refractivity contribution in [2.75, 3.05) is 6.54 Å². The van der Waals surface area contributed by atoms with E-state index in [0.717, 1.165) is 28.6 Å². The van der Waals surface area contributed by atoms with Crippen molar-refractivity contribution in [3.8, 4) is 0 Å². The molecule has 5 N–H and O–H groups in total. The first-order valence-corrected chi connectivity index (χ1v) is 15.9. The van der Waals surface area contributed by atoms with Gasteiger partial charge in [0, 0.05) is 17.6 Å². The average Bonchev–Trinajstić information content (AvgIpc) is 3.02. The Hall–Kier alpha value is -3.83. The van der Waals surface area contributed by atoms with Crippen molar-refractivity contribution in [1.82, 2.24) is 20.7 Å². The van der Waals surface area contributed by atoms with Crippen molar-refractivity contribution in [3.63, 3.8) is 0 Å². The number of rotatable bonds is 10. The molecule has 3 atom stereocenters. The highest BCUT2D eigenvalue weighted by molar-refractivity contribution is 5.91. The molecule has 4 rings (SSSR count). The number of amides is 3. The monoisotopic (exact) mass is 621 g/mol. The summed E-state index contributed by atoms with van der Waals surface area (Å²) in [5, 5.41) is 15.7. The van der Waals surface area contributed by atoms with Crippen molar-refractivity contribution in [3.05, 3.63) is 47.7 Å². The maximum absolute atomic E-state index is 14.0. The highest BCUT2D eigenvalue weighted by Crippen LogP contribution is 2.44. The first-order valence-electron chi connectivity index (χ1n) is 15.9. The third kappa shape index (κ3) is 8.26. The van der Waals surface area contributed by atoms with E-state index >= 15 is 0 Å². The number of aryl methyl sites for hydroxylation is 1. The smallest absolute Gasteiger partial charge is 0.316 e. The Morgan fingerprint density at radius 3 is 2.49 bits per heavy atom. The fraction of sp³-hybridized carbons (Fsp3) is 0.559. The molecule has 1 aliphatic carbocycles. The van der Waals surface area contributed by atoms with E-state index in [4.69, 9.17) is 15.5 Å². The number of nitrogens with zero attached hydrogens (tertiary/aromatic N) is 2. The van der Waals surface area contributed by atoms with Gasteiger partial charge in [0.15, 0.2) is 6.10 Å². The van der Waals surface area contributed by atoms with Gasteiger partial charge in [-0.15, -0.1) is 0 Å². The van der Waals surface area contributed by atoms with E-state index in [-0.39, 0.29) is 5.92 Å². The minimum absolute atomic E-state index is 0.351. The van der Waals surface area contributed by atoms with Gasteiger partial charge >= 0.3 is 5.97 Å². The van der Waals surface area contributed by atoms with Crippen LogP contribution in [0.25, 0.3) is 17.0 Å². The second-order valence-electron chi connectivity index (χ2n) is 13.1. The van der Waals surface area contributed by atoms with E-state index in [1.54, 1.807) is 27.7 Å². The molecule has 1 saturated carbocycles. The molecule has 11 nitrogen and oxygen atoms in total. The molecular formula is C34H47N5O6. The van der Waals surface area contributed by atoms with E-state index in [0.29, 0.717) is 45.1 Å². The number of carbonyl (C=O) groups excluding carboxylic acids is 4. The number of pyridine rings is 1. The fourth-order valence-corrected chi connectivity index (χ4v) is 5.87. The molecular weight excluding hydrogens is 574 g/mol. The lowest BCUT2D eigenvalue weighted by Gasteiger charge is -2.40. The zero-order valence-electron chi connectivity index (χ0n) is 27.0. The number of esters is 1. The maximum atomic E-state index is 14.0. The van der Waals surface area contributed by atoms with Crippen LogP contribution in [0.3, 0.4) is 0 Å². The summed E-state index contributed by atoms with van der Waals surface area (Å²) in [5.41, 5.74) is 9.02. The Bertz CT molecular complexity index is 1440. The topological polar surface area (TPSA) is 164 Å². The van der Waals surface area contributed by atoms with Crippen molar-refractivity contribution >= 4 is 40.7 Å². The molecule has 0 spiro atoms. The van der Waals surface area contributed by atoms with Gasteiger partial charge in [0.25, 0.3) is 11.8 Å². The van der Waals surface area contributed by atoms with Gasteiger partial charge in [0.05, 0.1) is 16.5 Å². The number of aromatic nitrogens is 1. The van der Waals surface area contributed by atoms with Crippen LogP contribution in [0.2, 0.25) is 0 Å². The van der Waals surface area contributed by atoms with Crippen LogP contribution in [-0.2, 0) is 30.3 Å². The third-order valence-electron chi connectivity index (χ3n) is 8.98. The molecule has 0 bridgehead atoms. The predicted molar refractivity (Wildman–Crippen MR) is 171 cm³/mol. The maximum Gasteiger partial charge on any atom is 0.316 e. The zero-order valence-corrected chi connectivity index (χ0v) is 27.0. The lowest BCUT2D eigenvalue weighted by Crippen LogP contribution is -2.60. The standard InChI is InChI=1S/C34H47N5O6/c1-6-25-12-11-24-10-9-23(20-27(24)37-25)13-14-34(17-15-33(5,44)16-18-34)32(43)45-28(21(2)3)30(41)36-22(4)31(42)39-19-7-8-26(38-39)29(35)40/h9-14,20-22,26,28,38,44H,6-8,15-19H2,1-5H3,(H2,35,40)(H,36,41)/b14-13+. The zero-order chi connectivity index (χ0) is 32.9. The van der Waals surface area contributed by atoms with Crippen molar-refractivity contribution in [2.45, 2.75) is 103 Å². The molecule has 3 unspecified atom stereocenters. The quantitative estimate of drug-likeness (QED) is 0.294. The molecule has 244 valence electrons. The van der Waals surface area contributed by atoms with Gasteiger partial charge in [-0.3, -0.25) is 29.2 Å². The minimum atomic E-state index is -1.15. The summed E-state index contributed by atoms with van der Waals surface area (Å²) in [4.78, 5) is 56.8. The Balaban J connectivity index is 1.51. The predicted octanol–water partition coefficient (Wildman–Crippen LogP) is 3.18. The molecule has 45 heavy (non-hydrogen) atoms. The Kier molecular flexibility index (Phi) is 10.7. The van der Waals surface area contributed by atoms with Crippen molar-refractivity contribution in [2.24, 2.45) is 17.1 Å². The number of hydrogen-bond acceptors (Lipinski definition) is 8. The molecule has 1 aromatic carbocycles. The van der Waals surface area contributed by atoms with Gasteiger partial charge in [-0.05, 0) is 82.4 Å². The van der Waals surface area contributed by atoms with Crippen LogP contribution in [0.15, 0.2) is 36.4 Å². The van der Waals surface area contributed by atoms with Crippen LogP contribution in [-0.4, -0.2) is 69.1 Å². The number of ether oxygens (including phenoxy) is 1. The van der Waals surface area contributed by atoms with Gasteiger partial charge in [0.2, 0.25) is 5.91 Å². The number of carbonyl (C=O) groups is 4. The summed E-state index contributed by atoms with van der Waals surface area (Å²) in [6.07, 6.45) is 6.01. The van der Waals surface area contributed by atoms with Gasteiger partial charge in [-0.25, -0.2) is 5.43 Å². The highest BCUT2D eigenvalue weighted by Gasteiger charge is 2.46. The molecule has 0 radical (unpaired) electrons. The van der Waals surface area contributed by atoms with Crippen LogP contribution in [0.1, 0.15) is 84.4 Å². The summed E-state index contributed by atoms with van der Waals surface area (Å²) in [6, 6.07) is 8.40. The summed E-state index contributed by atoms with van der Waals surface area (Å²) >= 11 is 0. The number of aliphatic hydroxyl groups is 1. The van der Waals surface area contributed by atoms with Crippen molar-refractivity contribution in [1.29, 1.82) is 0 Å². The number of hydrazine groups is 1. The highest BCUT2D eigenvalue weighted by atomic mass is 16.5. The Morgan fingerprint density at radius 2 is 1.84 bits per heavy atom. The molecule has 2 aliphatic rings. The average molecular weight is 622 g/mol. The van der Waals surface area contributed by atoms with Crippen LogP contribution in [0.5, 0.6) is 0 Å². The van der Waals surface area contributed by atoms with Gasteiger partial charge in [-0.2, -0.15) is 0 Å². The molecule has 1 aliphatic heterocycles. The van der Waals surface area contributed by atoms with Crippen molar-refractivity contribution < 1.29 is 29.0 Å². The summed E-state index contributed by atoms with van der Waals surface area (Å²) < 4.78 is 5.95. The largest absolute Gasteiger partial charge is 0.451 e. The van der Waals surface area contributed by atoms with Crippen LogP contribution >= 0.6 is 0 Å². The van der Waals surface area contributed by atoms with E-state index in [9.17, 15) is 24.3 Å². The van der Waals surface area contributed by atoms with Crippen LogP contribution in [0.4, 0.5) is 0 Å². The van der Waals surface area contributed by atoms with E-state index < -0.39 is 52.9 Å². The first-order chi connectivity index (χ1) is 21.2. The third-order valence-corrected chi connectivity index (χ3v) is 8.98. The normalized spacial score (nSPS) is 25.2. The molecule has 1 aromatic heterocycles. The lowest BCUT2D eigenvalue weighted by molar-refractivity contribution is -0.170. The van der Waals surface area contributed by atoms with Crippen LogP contribution in [0, 0.1) is 11.3 Å². The number of hydrogen-bond donors (Lipinski definition) is 4. The number of primary amides is 1. The van der Waals surface area contributed by atoms with Gasteiger partial charge in [-0.1, -0.05) is 51.1 Å². The molecule has 11 heteroatoms. The SMILES string of the molecule is CCc1ccc2ccc(/C=C/C3(C(=O)OC(C(=O)NC(C)C(=O)N4CCCC(C(N)=O)N4)C(C)C)CCC(C)(O)CC3)cc2n1. The van der Waals surface area contributed by atoms with E-state index in [1.165, 1.54) is 5.01 Å². The number of benzene rings is 1. The van der Waals surface area contributed by atoms with Gasteiger partial charge < -0.3 is 20.9 Å². The summed E-state index contributed by atoms with van der Waals surface area (Å²) in [6.45, 7) is 9.28. The number of nitrogens with two attached hydrogens (primary N) is 1. The second-order valence-corrected chi connectivity index (χ2v) is 13.1. The number of fused-ring (bicyclic) bond motifs is 1. The van der Waals surface area contributed by atoms with E-state index in [2.05, 4.69) is 17.7 Å². The summed E-state index contributed by atoms with van der Waals surface area (Å²) in [7, 11) is 0. The van der Waals surface area contributed by atoms with E-state index in [1.807, 2.05) is 42.5 Å². The van der Waals surface area contributed by atoms with Gasteiger partial charge in [0.1, 0.15) is 12.1 Å². The molecule has 3 amide bonds. The number of nitrogens with one attached hydrogen (secondary N) is 2. The Morgan fingerprint density at radius 1 is 1.16 bits per heavy atom. The first kappa shape index (κ1) is 34.1. The summed E-state index contributed by atoms with van der Waals surface area (Å²) in [5.74, 6) is -2.48. The Labute approximate surface area is 264 Å². The molecule has 2 aromatic rings. The molecule has 1 saturated heterocycles. The molecule has 2 heterocycles. The fourth-order valence-electron chi connectivity index (χ4n) is 5.87.